The molecule has 0 bridgehead atoms. The summed E-state index contributed by atoms with van der Waals surface area (Å²) >= 11 is 0. The topological polar surface area (TPSA) is 60.9 Å². The van der Waals surface area contributed by atoms with Crippen molar-refractivity contribution in [2.45, 2.75) is 19.4 Å². The van der Waals surface area contributed by atoms with E-state index in [2.05, 4.69) is 17.0 Å². The van der Waals surface area contributed by atoms with Crippen molar-refractivity contribution in [2.75, 3.05) is 27.2 Å². The van der Waals surface area contributed by atoms with Gasteiger partial charge in [0.15, 0.2) is 0 Å². The lowest BCUT2D eigenvalue weighted by molar-refractivity contribution is -0.134. The molecule has 2 saturated heterocycles. The van der Waals surface area contributed by atoms with Crippen LogP contribution in [0, 0.1) is 0 Å². The highest BCUT2D eigenvalue weighted by molar-refractivity contribution is 6.28. The monoisotopic (exact) mass is 327 g/mol. The number of likely N-dealkylation sites (tertiary alicyclic amines) is 1. The Morgan fingerprint density at radius 2 is 1.42 bits per heavy atom. The number of likely N-dealkylation sites (N-methyl/N-ethyl adjacent to an activating group) is 2. The highest BCUT2D eigenvalue weighted by atomic mass is 16.2. The highest BCUT2D eigenvalue weighted by Gasteiger charge is 2.40. The zero-order valence-corrected chi connectivity index (χ0v) is 14.0. The summed E-state index contributed by atoms with van der Waals surface area (Å²) in [4.78, 5) is 40.9. The largest absolute Gasteiger partial charge is 0.333 e. The van der Waals surface area contributed by atoms with Crippen LogP contribution in [0.1, 0.15) is 18.4 Å². The van der Waals surface area contributed by atoms with E-state index >= 15 is 0 Å². The number of hydrogen-bond acceptors (Lipinski definition) is 4. The summed E-state index contributed by atoms with van der Waals surface area (Å²) in [6, 6.07) is 9.66. The molecule has 6 heteroatoms. The van der Waals surface area contributed by atoms with Gasteiger partial charge in [0.2, 0.25) is 0 Å². The van der Waals surface area contributed by atoms with Gasteiger partial charge in [0.05, 0.1) is 0 Å². The van der Waals surface area contributed by atoms with Gasteiger partial charge in [-0.25, -0.2) is 4.79 Å². The average Bonchev–Trinajstić information content (AvgIpc) is 2.61. The Bertz CT molecular complexity index is 675. The number of urea groups is 1. The van der Waals surface area contributed by atoms with Crippen LogP contribution in [0.25, 0.3) is 0 Å². The van der Waals surface area contributed by atoms with Crippen molar-refractivity contribution in [1.82, 2.24) is 14.7 Å². The SMILES string of the molecule is CN1C(=O)C(=C2CCN(Cc3ccccc3)CC2)C(=O)N(C)C1=O. The molecular formula is C18H21N3O3. The summed E-state index contributed by atoms with van der Waals surface area (Å²) in [6.07, 6.45) is 1.35. The van der Waals surface area contributed by atoms with Gasteiger partial charge in [0.1, 0.15) is 5.57 Å². The van der Waals surface area contributed by atoms with Gasteiger partial charge in [-0.1, -0.05) is 30.3 Å². The number of piperidine rings is 1. The minimum Gasteiger partial charge on any atom is -0.298 e. The summed E-state index contributed by atoms with van der Waals surface area (Å²) in [7, 11) is 2.83. The van der Waals surface area contributed by atoms with Crippen molar-refractivity contribution in [3.63, 3.8) is 0 Å². The highest BCUT2D eigenvalue weighted by Crippen LogP contribution is 2.26. The van der Waals surface area contributed by atoms with Crippen LogP contribution >= 0.6 is 0 Å². The first-order valence-electron chi connectivity index (χ1n) is 8.07. The molecular weight excluding hydrogens is 306 g/mol. The fourth-order valence-corrected chi connectivity index (χ4v) is 3.20. The Balaban J connectivity index is 1.73. The predicted octanol–water partition coefficient (Wildman–Crippen LogP) is 1.63. The number of nitrogens with zero attached hydrogens (tertiary/aromatic N) is 3. The summed E-state index contributed by atoms with van der Waals surface area (Å²) in [5.41, 5.74) is 2.29. The van der Waals surface area contributed by atoms with Crippen LogP contribution in [-0.4, -0.2) is 59.7 Å². The van der Waals surface area contributed by atoms with Crippen molar-refractivity contribution >= 4 is 17.8 Å². The average molecular weight is 327 g/mol. The lowest BCUT2D eigenvalue weighted by Gasteiger charge is -2.33. The van der Waals surface area contributed by atoms with Crippen LogP contribution in [-0.2, 0) is 16.1 Å². The Labute approximate surface area is 141 Å². The number of amides is 4. The van der Waals surface area contributed by atoms with E-state index in [0.29, 0.717) is 12.8 Å². The van der Waals surface area contributed by atoms with E-state index in [1.807, 2.05) is 18.2 Å². The molecule has 1 aromatic rings. The molecule has 126 valence electrons. The zero-order chi connectivity index (χ0) is 17.3. The molecule has 1 aromatic carbocycles. The van der Waals surface area contributed by atoms with E-state index in [0.717, 1.165) is 35.0 Å². The second-order valence-corrected chi connectivity index (χ2v) is 6.25. The molecule has 0 unspecified atom stereocenters. The molecule has 4 amide bonds. The van der Waals surface area contributed by atoms with Crippen molar-refractivity contribution in [3.8, 4) is 0 Å². The van der Waals surface area contributed by atoms with E-state index in [1.54, 1.807) is 0 Å². The molecule has 6 nitrogen and oxygen atoms in total. The predicted molar refractivity (Wildman–Crippen MR) is 88.9 cm³/mol. The summed E-state index contributed by atoms with van der Waals surface area (Å²) in [6.45, 7) is 2.47. The molecule has 0 saturated carbocycles. The Kier molecular flexibility index (Phi) is 4.49. The van der Waals surface area contributed by atoms with Gasteiger partial charge in [-0.05, 0) is 24.0 Å². The molecule has 0 aromatic heterocycles. The van der Waals surface area contributed by atoms with Gasteiger partial charge >= 0.3 is 6.03 Å². The quantitative estimate of drug-likeness (QED) is 0.612. The number of carbonyl (C=O) groups is 3. The first-order chi connectivity index (χ1) is 11.5. The molecule has 0 radical (unpaired) electrons. The third kappa shape index (κ3) is 2.97. The number of carbonyl (C=O) groups excluding carboxylic acids is 3. The molecule has 3 rings (SSSR count). The van der Waals surface area contributed by atoms with Crippen molar-refractivity contribution in [1.29, 1.82) is 0 Å². The molecule has 0 N–H and O–H groups in total. The first kappa shape index (κ1) is 16.4. The van der Waals surface area contributed by atoms with Gasteiger partial charge in [-0.15, -0.1) is 0 Å². The molecule has 0 aliphatic carbocycles. The van der Waals surface area contributed by atoms with Gasteiger partial charge in [-0.2, -0.15) is 0 Å². The Morgan fingerprint density at radius 3 is 1.96 bits per heavy atom. The van der Waals surface area contributed by atoms with E-state index in [1.165, 1.54) is 19.7 Å². The number of imide groups is 2. The maximum Gasteiger partial charge on any atom is 0.333 e. The molecule has 0 spiro atoms. The number of hydrogen-bond donors (Lipinski definition) is 0. The van der Waals surface area contributed by atoms with Crippen LogP contribution in [0.3, 0.4) is 0 Å². The zero-order valence-electron chi connectivity index (χ0n) is 14.0. The summed E-state index contributed by atoms with van der Waals surface area (Å²) < 4.78 is 0. The molecule has 2 heterocycles. The van der Waals surface area contributed by atoms with Crippen LogP contribution in [0.15, 0.2) is 41.5 Å². The van der Waals surface area contributed by atoms with E-state index < -0.39 is 17.8 Å². The molecule has 2 fully saturated rings. The molecule has 2 aliphatic rings. The van der Waals surface area contributed by atoms with Crippen LogP contribution in [0.2, 0.25) is 0 Å². The second-order valence-electron chi connectivity index (χ2n) is 6.25. The molecule has 24 heavy (non-hydrogen) atoms. The standard InChI is InChI=1S/C18H21N3O3/c1-19-16(22)15(17(23)20(2)18(19)24)14-8-10-21(11-9-14)12-13-6-4-3-5-7-13/h3-7H,8-12H2,1-2H3. The smallest absolute Gasteiger partial charge is 0.298 e. The van der Waals surface area contributed by atoms with Gasteiger partial charge in [0, 0.05) is 33.7 Å². The van der Waals surface area contributed by atoms with Crippen molar-refractivity contribution < 1.29 is 14.4 Å². The van der Waals surface area contributed by atoms with Crippen LogP contribution in [0.4, 0.5) is 4.79 Å². The minimum atomic E-state index is -0.573. The van der Waals surface area contributed by atoms with Crippen molar-refractivity contribution in [3.05, 3.63) is 47.0 Å². The molecule has 2 aliphatic heterocycles. The Morgan fingerprint density at radius 1 is 0.875 bits per heavy atom. The van der Waals surface area contributed by atoms with Crippen LogP contribution in [0.5, 0.6) is 0 Å². The third-order valence-corrected chi connectivity index (χ3v) is 4.67. The van der Waals surface area contributed by atoms with E-state index in [-0.39, 0.29) is 5.57 Å². The number of barbiturate groups is 1. The Hall–Kier alpha value is -2.47. The number of benzene rings is 1. The van der Waals surface area contributed by atoms with E-state index in [9.17, 15) is 14.4 Å². The van der Waals surface area contributed by atoms with Crippen molar-refractivity contribution in [2.24, 2.45) is 0 Å². The van der Waals surface area contributed by atoms with Gasteiger partial charge in [0.25, 0.3) is 11.8 Å². The normalized spacial score (nSPS) is 20.2. The minimum absolute atomic E-state index is 0.180. The lowest BCUT2D eigenvalue weighted by atomic mass is 9.95. The molecule has 0 atom stereocenters. The summed E-state index contributed by atoms with van der Waals surface area (Å²) in [5.74, 6) is -0.954. The first-order valence-corrected chi connectivity index (χ1v) is 8.07. The van der Waals surface area contributed by atoms with Crippen LogP contribution < -0.4 is 0 Å². The van der Waals surface area contributed by atoms with E-state index in [4.69, 9.17) is 0 Å². The fraction of sp³-hybridized carbons (Fsp3) is 0.389. The second kappa shape index (κ2) is 6.57. The van der Waals surface area contributed by atoms with Gasteiger partial charge in [-0.3, -0.25) is 24.3 Å². The number of rotatable bonds is 2. The maximum absolute atomic E-state index is 12.3. The lowest BCUT2D eigenvalue weighted by Crippen LogP contribution is -2.53. The fourth-order valence-electron chi connectivity index (χ4n) is 3.20. The maximum atomic E-state index is 12.3. The third-order valence-electron chi connectivity index (χ3n) is 4.67. The van der Waals surface area contributed by atoms with Gasteiger partial charge < -0.3 is 0 Å². The summed E-state index contributed by atoms with van der Waals surface area (Å²) in [5, 5.41) is 0.